The molecule has 0 amide bonds. The van der Waals surface area contributed by atoms with Crippen molar-refractivity contribution in [2.75, 3.05) is 19.7 Å². The van der Waals surface area contributed by atoms with E-state index in [1.807, 2.05) is 13.0 Å². The van der Waals surface area contributed by atoms with E-state index in [0.717, 1.165) is 26.1 Å². The van der Waals surface area contributed by atoms with Gasteiger partial charge in [-0.1, -0.05) is 30.3 Å². The predicted octanol–water partition coefficient (Wildman–Crippen LogP) is 2.85. The first-order chi connectivity index (χ1) is 9.28. The highest BCUT2D eigenvalue weighted by Gasteiger charge is 2.22. The van der Waals surface area contributed by atoms with Gasteiger partial charge in [-0.15, -0.1) is 0 Å². The minimum atomic E-state index is -0.0472. The van der Waals surface area contributed by atoms with Gasteiger partial charge in [0.25, 0.3) is 0 Å². The van der Waals surface area contributed by atoms with Gasteiger partial charge in [0.2, 0.25) is 0 Å². The molecular weight excluding hydrogens is 238 g/mol. The number of piperidine rings is 1. The Hall–Kier alpha value is -1.35. The second-order valence-corrected chi connectivity index (χ2v) is 5.24. The monoisotopic (exact) mass is 261 g/mol. The summed E-state index contributed by atoms with van der Waals surface area (Å²) in [5.74, 6) is 0.408. The lowest BCUT2D eigenvalue weighted by Gasteiger charge is -2.32. The summed E-state index contributed by atoms with van der Waals surface area (Å²) in [6.45, 7) is 5.47. The van der Waals surface area contributed by atoms with E-state index in [-0.39, 0.29) is 5.97 Å². The molecule has 0 spiro atoms. The number of likely N-dealkylation sites (tertiary alicyclic amines) is 1. The molecule has 0 aromatic heterocycles. The molecule has 0 aliphatic carbocycles. The first kappa shape index (κ1) is 14.1. The van der Waals surface area contributed by atoms with Crippen LogP contribution in [0.3, 0.4) is 0 Å². The third kappa shape index (κ3) is 4.67. The lowest BCUT2D eigenvalue weighted by Crippen LogP contribution is -2.35. The Morgan fingerprint density at radius 2 is 2.16 bits per heavy atom. The van der Waals surface area contributed by atoms with Gasteiger partial charge in [0.05, 0.1) is 6.61 Å². The Bertz CT molecular complexity index is 391. The maximum atomic E-state index is 11.5. The van der Waals surface area contributed by atoms with E-state index in [0.29, 0.717) is 18.9 Å². The van der Waals surface area contributed by atoms with Crippen LogP contribution in [0.5, 0.6) is 0 Å². The van der Waals surface area contributed by atoms with Crippen molar-refractivity contribution >= 4 is 5.97 Å². The molecule has 1 heterocycles. The molecule has 3 nitrogen and oxygen atoms in total. The molecule has 0 radical (unpaired) electrons. The standard InChI is InChI=1S/C16H23NO2/c1-2-19-16(18)11-15-9-6-10-17(13-15)12-14-7-4-3-5-8-14/h3-5,7-8,15H,2,6,9-13H2,1H3. The fourth-order valence-electron chi connectivity index (χ4n) is 2.76. The molecule has 19 heavy (non-hydrogen) atoms. The molecule has 1 fully saturated rings. The van der Waals surface area contributed by atoms with Crippen molar-refractivity contribution in [1.82, 2.24) is 4.90 Å². The first-order valence-electron chi connectivity index (χ1n) is 7.20. The number of carbonyl (C=O) groups excluding carboxylic acids is 1. The molecule has 3 heteroatoms. The summed E-state index contributed by atoms with van der Waals surface area (Å²) in [4.78, 5) is 14.0. The number of benzene rings is 1. The van der Waals surface area contributed by atoms with E-state index in [9.17, 15) is 4.79 Å². The van der Waals surface area contributed by atoms with Gasteiger partial charge in [0.15, 0.2) is 0 Å². The summed E-state index contributed by atoms with van der Waals surface area (Å²) in [6, 6.07) is 10.5. The average Bonchev–Trinajstić information content (AvgIpc) is 2.40. The number of carbonyl (C=O) groups is 1. The zero-order chi connectivity index (χ0) is 13.5. The van der Waals surface area contributed by atoms with Crippen LogP contribution in [0, 0.1) is 5.92 Å². The van der Waals surface area contributed by atoms with Gasteiger partial charge in [-0.25, -0.2) is 0 Å². The Labute approximate surface area is 115 Å². The summed E-state index contributed by atoms with van der Waals surface area (Å²) < 4.78 is 5.04. The van der Waals surface area contributed by atoms with Crippen LogP contribution in [0.15, 0.2) is 30.3 Å². The third-order valence-electron chi connectivity index (χ3n) is 3.61. The van der Waals surface area contributed by atoms with Crippen molar-refractivity contribution in [3.63, 3.8) is 0 Å². The highest BCUT2D eigenvalue weighted by Crippen LogP contribution is 2.21. The molecule has 2 rings (SSSR count). The van der Waals surface area contributed by atoms with Crippen LogP contribution in [0.1, 0.15) is 31.7 Å². The van der Waals surface area contributed by atoms with Crippen LogP contribution in [0.25, 0.3) is 0 Å². The van der Waals surface area contributed by atoms with Gasteiger partial charge < -0.3 is 4.74 Å². The molecule has 1 unspecified atom stereocenters. The van der Waals surface area contributed by atoms with E-state index < -0.39 is 0 Å². The molecule has 1 aliphatic rings. The second-order valence-electron chi connectivity index (χ2n) is 5.24. The summed E-state index contributed by atoms with van der Waals surface area (Å²) >= 11 is 0. The maximum absolute atomic E-state index is 11.5. The SMILES string of the molecule is CCOC(=O)CC1CCCN(Cc2ccccc2)C1. The fraction of sp³-hybridized carbons (Fsp3) is 0.562. The number of ether oxygens (including phenoxy) is 1. The van der Waals surface area contributed by atoms with Gasteiger partial charge in [0, 0.05) is 19.5 Å². The Morgan fingerprint density at radius 3 is 2.89 bits per heavy atom. The van der Waals surface area contributed by atoms with Crippen LogP contribution in [0.2, 0.25) is 0 Å². The summed E-state index contributed by atoms with van der Waals surface area (Å²) in [6.07, 6.45) is 2.89. The Balaban J connectivity index is 1.82. The topological polar surface area (TPSA) is 29.5 Å². The highest BCUT2D eigenvalue weighted by molar-refractivity contribution is 5.69. The van der Waals surface area contributed by atoms with Crippen LogP contribution < -0.4 is 0 Å². The predicted molar refractivity (Wildman–Crippen MR) is 75.7 cm³/mol. The number of esters is 1. The highest BCUT2D eigenvalue weighted by atomic mass is 16.5. The van der Waals surface area contributed by atoms with Crippen LogP contribution >= 0.6 is 0 Å². The Morgan fingerprint density at radius 1 is 1.37 bits per heavy atom. The largest absolute Gasteiger partial charge is 0.466 e. The molecule has 0 N–H and O–H groups in total. The van der Waals surface area contributed by atoms with E-state index >= 15 is 0 Å². The van der Waals surface area contributed by atoms with Crippen molar-refractivity contribution in [1.29, 1.82) is 0 Å². The van der Waals surface area contributed by atoms with Crippen molar-refractivity contribution in [2.45, 2.75) is 32.7 Å². The zero-order valence-electron chi connectivity index (χ0n) is 11.7. The van der Waals surface area contributed by atoms with Gasteiger partial charge in [-0.3, -0.25) is 9.69 Å². The molecule has 1 saturated heterocycles. The van der Waals surface area contributed by atoms with Gasteiger partial charge >= 0.3 is 5.97 Å². The molecule has 104 valence electrons. The molecule has 1 aromatic carbocycles. The maximum Gasteiger partial charge on any atom is 0.306 e. The van der Waals surface area contributed by atoms with Gasteiger partial charge in [-0.05, 0) is 37.8 Å². The van der Waals surface area contributed by atoms with Crippen molar-refractivity contribution < 1.29 is 9.53 Å². The first-order valence-corrected chi connectivity index (χ1v) is 7.20. The fourth-order valence-corrected chi connectivity index (χ4v) is 2.76. The quantitative estimate of drug-likeness (QED) is 0.763. The van der Waals surface area contributed by atoms with Crippen LogP contribution in [-0.2, 0) is 16.1 Å². The van der Waals surface area contributed by atoms with Crippen molar-refractivity contribution in [3.8, 4) is 0 Å². The molecule has 0 bridgehead atoms. The normalized spacial score (nSPS) is 20.2. The van der Waals surface area contributed by atoms with E-state index in [1.54, 1.807) is 0 Å². The number of rotatable bonds is 5. The third-order valence-corrected chi connectivity index (χ3v) is 3.61. The summed E-state index contributed by atoms with van der Waals surface area (Å²) in [5.41, 5.74) is 1.35. The Kier molecular flexibility index (Phi) is 5.40. The second kappa shape index (κ2) is 7.29. The van der Waals surface area contributed by atoms with Crippen LogP contribution in [0.4, 0.5) is 0 Å². The molecule has 0 saturated carbocycles. The number of nitrogens with zero attached hydrogens (tertiary/aromatic N) is 1. The van der Waals surface area contributed by atoms with E-state index in [2.05, 4.69) is 29.2 Å². The minimum absolute atomic E-state index is 0.0472. The summed E-state index contributed by atoms with van der Waals surface area (Å²) in [7, 11) is 0. The van der Waals surface area contributed by atoms with Crippen molar-refractivity contribution in [3.05, 3.63) is 35.9 Å². The minimum Gasteiger partial charge on any atom is -0.466 e. The molecule has 1 atom stereocenters. The molecular formula is C16H23NO2. The summed E-state index contributed by atoms with van der Waals surface area (Å²) in [5, 5.41) is 0. The smallest absolute Gasteiger partial charge is 0.306 e. The molecule has 1 aromatic rings. The van der Waals surface area contributed by atoms with Gasteiger partial charge in [0.1, 0.15) is 0 Å². The number of hydrogen-bond acceptors (Lipinski definition) is 3. The average molecular weight is 261 g/mol. The lowest BCUT2D eigenvalue weighted by molar-refractivity contribution is -0.144. The zero-order valence-corrected chi connectivity index (χ0v) is 11.7. The van der Waals surface area contributed by atoms with Gasteiger partial charge in [-0.2, -0.15) is 0 Å². The van der Waals surface area contributed by atoms with Crippen LogP contribution in [-0.4, -0.2) is 30.6 Å². The number of hydrogen-bond donors (Lipinski definition) is 0. The van der Waals surface area contributed by atoms with E-state index in [1.165, 1.54) is 12.0 Å². The van der Waals surface area contributed by atoms with Crippen molar-refractivity contribution in [2.24, 2.45) is 5.92 Å². The lowest BCUT2D eigenvalue weighted by atomic mass is 9.94. The molecule has 1 aliphatic heterocycles. The van der Waals surface area contributed by atoms with E-state index in [4.69, 9.17) is 4.74 Å².